The predicted molar refractivity (Wildman–Crippen MR) is 97.7 cm³/mol. The van der Waals surface area contributed by atoms with Gasteiger partial charge >= 0.3 is 0 Å². The van der Waals surface area contributed by atoms with Crippen molar-refractivity contribution < 1.29 is 24.2 Å². The molecule has 3 rings (SSSR count). The number of methoxy groups -OCH3 is 2. The fraction of sp³-hybridized carbons (Fsp3) is 0.632. The summed E-state index contributed by atoms with van der Waals surface area (Å²) in [5.74, 6) is 0.617. The Labute approximate surface area is 159 Å². The highest BCUT2D eigenvalue weighted by Gasteiger charge is 2.48. The number of rotatable bonds is 4. The predicted octanol–water partition coefficient (Wildman–Crippen LogP) is 0.792. The van der Waals surface area contributed by atoms with E-state index in [4.69, 9.17) is 9.47 Å². The van der Waals surface area contributed by atoms with Crippen molar-refractivity contribution in [1.29, 1.82) is 0 Å². The SMILES string of the molecule is COc1ccc(C(=O)N2CCC3(CC2)CN(C(C)=O)CC3CO)c(OC)n1. The largest absolute Gasteiger partial charge is 0.481 e. The summed E-state index contributed by atoms with van der Waals surface area (Å²) in [6.07, 6.45) is 1.53. The normalized spacial score (nSPS) is 21.4. The van der Waals surface area contributed by atoms with E-state index in [1.807, 2.05) is 4.90 Å². The molecule has 2 aliphatic rings. The zero-order valence-electron chi connectivity index (χ0n) is 16.1. The van der Waals surface area contributed by atoms with Crippen LogP contribution in [0.15, 0.2) is 12.1 Å². The number of aliphatic hydroxyl groups is 1. The Kier molecular flexibility index (Phi) is 5.55. The summed E-state index contributed by atoms with van der Waals surface area (Å²) in [4.78, 5) is 32.5. The molecule has 0 radical (unpaired) electrons. The molecule has 2 fully saturated rings. The Morgan fingerprint density at radius 2 is 1.93 bits per heavy atom. The van der Waals surface area contributed by atoms with Gasteiger partial charge in [-0.1, -0.05) is 0 Å². The van der Waals surface area contributed by atoms with Gasteiger partial charge in [0, 0.05) is 51.7 Å². The van der Waals surface area contributed by atoms with Crippen LogP contribution in [0.2, 0.25) is 0 Å². The lowest BCUT2D eigenvalue weighted by Crippen LogP contribution is -2.47. The minimum absolute atomic E-state index is 0.0397. The molecule has 2 amide bonds. The highest BCUT2D eigenvalue weighted by molar-refractivity contribution is 5.96. The van der Waals surface area contributed by atoms with Gasteiger partial charge in [-0.2, -0.15) is 4.98 Å². The fourth-order valence-electron chi connectivity index (χ4n) is 4.27. The fourth-order valence-corrected chi connectivity index (χ4v) is 4.27. The molecule has 1 atom stereocenters. The van der Waals surface area contributed by atoms with Crippen molar-refractivity contribution in [3.8, 4) is 11.8 Å². The number of carbonyl (C=O) groups excluding carboxylic acids is 2. The topological polar surface area (TPSA) is 92.2 Å². The number of ether oxygens (including phenoxy) is 2. The zero-order chi connectivity index (χ0) is 19.6. The Balaban J connectivity index is 1.72. The molecule has 0 aliphatic carbocycles. The molecule has 2 aliphatic heterocycles. The number of piperidine rings is 1. The first-order chi connectivity index (χ1) is 12.9. The van der Waals surface area contributed by atoms with Gasteiger partial charge in [0.2, 0.25) is 17.7 Å². The zero-order valence-corrected chi connectivity index (χ0v) is 16.1. The van der Waals surface area contributed by atoms with Crippen LogP contribution in [0.5, 0.6) is 11.8 Å². The molecule has 0 saturated carbocycles. The van der Waals surface area contributed by atoms with Crippen LogP contribution in [0.3, 0.4) is 0 Å². The van der Waals surface area contributed by atoms with Crippen LogP contribution in [0, 0.1) is 11.3 Å². The quantitative estimate of drug-likeness (QED) is 0.834. The summed E-state index contributed by atoms with van der Waals surface area (Å²) >= 11 is 0. The molecule has 3 heterocycles. The molecular weight excluding hydrogens is 350 g/mol. The van der Waals surface area contributed by atoms with Gasteiger partial charge in [0.25, 0.3) is 5.91 Å². The number of amides is 2. The summed E-state index contributed by atoms with van der Waals surface area (Å²) in [7, 11) is 2.99. The number of hydrogen-bond acceptors (Lipinski definition) is 6. The summed E-state index contributed by atoms with van der Waals surface area (Å²) in [6.45, 7) is 4.04. The van der Waals surface area contributed by atoms with E-state index < -0.39 is 0 Å². The van der Waals surface area contributed by atoms with Crippen LogP contribution >= 0.6 is 0 Å². The average Bonchev–Trinajstić information content (AvgIpc) is 3.05. The maximum absolute atomic E-state index is 13.0. The second-order valence-corrected chi connectivity index (χ2v) is 7.34. The highest BCUT2D eigenvalue weighted by atomic mass is 16.5. The van der Waals surface area contributed by atoms with Gasteiger partial charge in [-0.3, -0.25) is 9.59 Å². The van der Waals surface area contributed by atoms with E-state index in [1.165, 1.54) is 14.2 Å². The van der Waals surface area contributed by atoms with Crippen molar-refractivity contribution in [2.75, 3.05) is 47.0 Å². The van der Waals surface area contributed by atoms with Crippen molar-refractivity contribution in [3.05, 3.63) is 17.7 Å². The van der Waals surface area contributed by atoms with Crippen LogP contribution in [-0.4, -0.2) is 78.7 Å². The third kappa shape index (κ3) is 3.58. The summed E-state index contributed by atoms with van der Waals surface area (Å²) in [5, 5.41) is 9.80. The van der Waals surface area contributed by atoms with E-state index in [1.54, 1.807) is 24.0 Å². The lowest BCUT2D eigenvalue weighted by molar-refractivity contribution is -0.128. The Morgan fingerprint density at radius 3 is 2.48 bits per heavy atom. The molecule has 0 aromatic carbocycles. The van der Waals surface area contributed by atoms with Gasteiger partial charge in [-0.15, -0.1) is 0 Å². The number of pyridine rings is 1. The van der Waals surface area contributed by atoms with Gasteiger partial charge in [0.05, 0.1) is 14.2 Å². The van der Waals surface area contributed by atoms with Crippen LogP contribution in [-0.2, 0) is 4.79 Å². The lowest BCUT2D eigenvalue weighted by Gasteiger charge is -2.42. The average molecular weight is 377 g/mol. The molecule has 8 heteroatoms. The minimum Gasteiger partial charge on any atom is -0.481 e. The number of nitrogens with zero attached hydrogens (tertiary/aromatic N) is 3. The molecule has 148 valence electrons. The summed E-state index contributed by atoms with van der Waals surface area (Å²) in [6, 6.07) is 3.31. The molecule has 1 N–H and O–H groups in total. The van der Waals surface area contributed by atoms with E-state index in [2.05, 4.69) is 4.98 Å². The van der Waals surface area contributed by atoms with Gasteiger partial charge < -0.3 is 24.4 Å². The molecule has 1 aromatic heterocycles. The van der Waals surface area contributed by atoms with Gasteiger partial charge in [0.1, 0.15) is 5.56 Å². The van der Waals surface area contributed by atoms with Gasteiger partial charge in [-0.05, 0) is 24.3 Å². The summed E-state index contributed by atoms with van der Waals surface area (Å²) < 4.78 is 10.3. The van der Waals surface area contributed by atoms with Gasteiger partial charge in [-0.25, -0.2) is 0 Å². The van der Waals surface area contributed by atoms with Crippen molar-refractivity contribution >= 4 is 11.8 Å². The summed E-state index contributed by atoms with van der Waals surface area (Å²) in [5.41, 5.74) is 0.296. The van der Waals surface area contributed by atoms with E-state index in [0.29, 0.717) is 37.6 Å². The molecule has 2 saturated heterocycles. The standard InChI is InChI=1S/C19H27N3O5/c1-13(24)22-10-14(11-23)19(12-22)6-8-21(9-7-19)18(25)15-4-5-16(26-2)20-17(15)27-3/h4-5,14,23H,6-12H2,1-3H3. The maximum atomic E-state index is 13.0. The van der Waals surface area contributed by atoms with E-state index in [0.717, 1.165) is 12.8 Å². The first-order valence-electron chi connectivity index (χ1n) is 9.19. The van der Waals surface area contributed by atoms with Crippen LogP contribution in [0.1, 0.15) is 30.1 Å². The number of likely N-dealkylation sites (tertiary alicyclic amines) is 2. The van der Waals surface area contributed by atoms with E-state index in [9.17, 15) is 14.7 Å². The molecule has 8 nitrogen and oxygen atoms in total. The lowest BCUT2D eigenvalue weighted by atomic mass is 9.71. The van der Waals surface area contributed by atoms with Crippen molar-refractivity contribution in [1.82, 2.24) is 14.8 Å². The molecule has 1 unspecified atom stereocenters. The molecule has 0 bridgehead atoms. The van der Waals surface area contributed by atoms with E-state index in [-0.39, 0.29) is 35.6 Å². The van der Waals surface area contributed by atoms with Gasteiger partial charge in [0.15, 0.2) is 0 Å². The number of aromatic nitrogens is 1. The first-order valence-corrected chi connectivity index (χ1v) is 9.19. The smallest absolute Gasteiger partial charge is 0.259 e. The van der Waals surface area contributed by atoms with Crippen LogP contribution in [0.25, 0.3) is 0 Å². The Morgan fingerprint density at radius 1 is 1.22 bits per heavy atom. The van der Waals surface area contributed by atoms with Crippen LogP contribution in [0.4, 0.5) is 0 Å². The monoisotopic (exact) mass is 377 g/mol. The maximum Gasteiger partial charge on any atom is 0.259 e. The van der Waals surface area contributed by atoms with Crippen molar-refractivity contribution in [2.24, 2.45) is 11.3 Å². The molecular formula is C19H27N3O5. The first kappa shape index (κ1) is 19.4. The minimum atomic E-state index is -0.126. The molecule has 1 spiro atoms. The van der Waals surface area contributed by atoms with Crippen molar-refractivity contribution in [3.63, 3.8) is 0 Å². The van der Waals surface area contributed by atoms with Crippen LogP contribution < -0.4 is 9.47 Å². The number of hydrogen-bond donors (Lipinski definition) is 1. The molecule has 27 heavy (non-hydrogen) atoms. The number of aliphatic hydroxyl groups excluding tert-OH is 1. The number of carbonyl (C=O) groups is 2. The second-order valence-electron chi connectivity index (χ2n) is 7.34. The third-order valence-corrected chi connectivity index (χ3v) is 5.99. The molecule has 1 aromatic rings. The second kappa shape index (κ2) is 7.72. The van der Waals surface area contributed by atoms with E-state index >= 15 is 0 Å². The Hall–Kier alpha value is -2.35. The highest BCUT2D eigenvalue weighted by Crippen LogP contribution is 2.44. The van der Waals surface area contributed by atoms with Crippen molar-refractivity contribution in [2.45, 2.75) is 19.8 Å². The Bertz CT molecular complexity index is 715. The third-order valence-electron chi connectivity index (χ3n) is 5.99.